The van der Waals surface area contributed by atoms with Crippen molar-refractivity contribution in [1.82, 2.24) is 0 Å². The molecule has 1 fully saturated rings. The third-order valence-electron chi connectivity index (χ3n) is 3.37. The molecular weight excluding hydrogens is 248 g/mol. The molecule has 98 valence electrons. The van der Waals surface area contributed by atoms with Gasteiger partial charge in [0, 0.05) is 28.6 Å². The van der Waals surface area contributed by atoms with E-state index in [0.717, 1.165) is 12.2 Å². The fourth-order valence-corrected chi connectivity index (χ4v) is 3.43. The number of hydrogen-bond acceptors (Lipinski definition) is 4. The Hall–Kier alpha value is -1.23. The van der Waals surface area contributed by atoms with Crippen molar-refractivity contribution in [2.45, 2.75) is 31.4 Å². The van der Waals surface area contributed by atoms with Gasteiger partial charge in [-0.15, -0.1) is 0 Å². The summed E-state index contributed by atoms with van der Waals surface area (Å²) in [5.41, 5.74) is 1.72. The van der Waals surface area contributed by atoms with E-state index in [1.165, 1.54) is 18.6 Å². The maximum atomic E-state index is 10.9. The third-order valence-corrected chi connectivity index (χ3v) is 4.91. The lowest BCUT2D eigenvalue weighted by atomic mass is 10.1. The molecular formula is C13H18N2O2S. The van der Waals surface area contributed by atoms with Crippen LogP contribution in [0.1, 0.15) is 25.3 Å². The van der Waals surface area contributed by atoms with E-state index in [1.54, 1.807) is 19.1 Å². The van der Waals surface area contributed by atoms with Crippen molar-refractivity contribution in [3.05, 3.63) is 33.9 Å². The second-order valence-corrected chi connectivity index (χ2v) is 6.70. The lowest BCUT2D eigenvalue weighted by Gasteiger charge is -2.23. The largest absolute Gasteiger partial charge is 0.383 e. The summed E-state index contributed by atoms with van der Waals surface area (Å²) in [6.45, 7) is 4.87. The van der Waals surface area contributed by atoms with Gasteiger partial charge in [0.2, 0.25) is 0 Å². The Morgan fingerprint density at radius 1 is 1.56 bits per heavy atom. The van der Waals surface area contributed by atoms with Crippen LogP contribution in [0.25, 0.3) is 0 Å². The summed E-state index contributed by atoms with van der Waals surface area (Å²) in [5, 5.41) is 14.2. The van der Waals surface area contributed by atoms with Gasteiger partial charge in [-0.1, -0.05) is 6.07 Å². The molecule has 0 aromatic heterocycles. The van der Waals surface area contributed by atoms with E-state index in [-0.39, 0.29) is 15.4 Å². The van der Waals surface area contributed by atoms with E-state index >= 15 is 0 Å². The van der Waals surface area contributed by atoms with Crippen molar-refractivity contribution in [2.24, 2.45) is 0 Å². The number of benzene rings is 1. The molecule has 1 heterocycles. The van der Waals surface area contributed by atoms with Gasteiger partial charge in [-0.2, -0.15) is 11.8 Å². The number of nitro groups is 1. The molecule has 0 saturated carbocycles. The Bertz CT molecular complexity index is 456. The number of nitrogens with one attached hydrogen (secondary N) is 1. The number of thioether (sulfide) groups is 1. The van der Waals surface area contributed by atoms with E-state index in [0.29, 0.717) is 5.56 Å². The summed E-state index contributed by atoms with van der Waals surface area (Å²) >= 11 is 1.98. The average molecular weight is 266 g/mol. The van der Waals surface area contributed by atoms with E-state index < -0.39 is 0 Å². The van der Waals surface area contributed by atoms with E-state index in [9.17, 15) is 10.1 Å². The maximum absolute atomic E-state index is 10.9. The average Bonchev–Trinajstić information content (AvgIpc) is 2.75. The molecule has 0 amide bonds. The van der Waals surface area contributed by atoms with Crippen molar-refractivity contribution in [2.75, 3.05) is 17.6 Å². The molecule has 1 atom stereocenters. The number of anilines is 1. The molecule has 1 saturated heterocycles. The van der Waals surface area contributed by atoms with Gasteiger partial charge >= 0.3 is 0 Å². The summed E-state index contributed by atoms with van der Waals surface area (Å²) in [6.07, 6.45) is 2.47. The van der Waals surface area contributed by atoms with Crippen LogP contribution >= 0.6 is 11.8 Å². The Kier molecular flexibility index (Phi) is 3.80. The molecule has 1 aliphatic heterocycles. The van der Waals surface area contributed by atoms with Crippen LogP contribution in [-0.4, -0.2) is 22.0 Å². The normalized spacial score (nSPS) is 23.0. The minimum atomic E-state index is -0.327. The SMILES string of the molecule is Cc1ccc(NCC2(C)CCCS2)cc1[N+](=O)[O-]. The molecule has 0 radical (unpaired) electrons. The molecule has 5 heteroatoms. The van der Waals surface area contributed by atoms with Gasteiger partial charge in [0.25, 0.3) is 5.69 Å². The van der Waals surface area contributed by atoms with Crippen molar-refractivity contribution in [1.29, 1.82) is 0 Å². The molecule has 0 bridgehead atoms. The molecule has 0 aliphatic carbocycles. The van der Waals surface area contributed by atoms with Crippen LogP contribution < -0.4 is 5.32 Å². The number of nitrogens with zero attached hydrogens (tertiary/aromatic N) is 1. The van der Waals surface area contributed by atoms with Crippen molar-refractivity contribution in [3.63, 3.8) is 0 Å². The second-order valence-electron chi connectivity index (χ2n) is 5.01. The van der Waals surface area contributed by atoms with Crippen molar-refractivity contribution >= 4 is 23.1 Å². The minimum absolute atomic E-state index is 0.184. The first-order valence-corrected chi connectivity index (χ1v) is 7.12. The molecule has 1 aliphatic rings. The summed E-state index contributed by atoms with van der Waals surface area (Å²) in [6, 6.07) is 5.33. The number of rotatable bonds is 4. The number of aryl methyl sites for hydroxylation is 1. The summed E-state index contributed by atoms with van der Waals surface area (Å²) < 4.78 is 0.264. The van der Waals surface area contributed by atoms with Gasteiger partial charge in [0.05, 0.1) is 4.92 Å². The molecule has 0 spiro atoms. The zero-order valence-corrected chi connectivity index (χ0v) is 11.5. The molecule has 1 aromatic carbocycles. The number of nitro benzene ring substituents is 1. The van der Waals surface area contributed by atoms with Gasteiger partial charge in [-0.05, 0) is 38.5 Å². The lowest BCUT2D eigenvalue weighted by Crippen LogP contribution is -2.27. The summed E-state index contributed by atoms with van der Waals surface area (Å²) in [7, 11) is 0. The van der Waals surface area contributed by atoms with Crippen LogP contribution in [0.3, 0.4) is 0 Å². The molecule has 4 nitrogen and oxygen atoms in total. The van der Waals surface area contributed by atoms with Gasteiger partial charge in [-0.25, -0.2) is 0 Å². The second kappa shape index (κ2) is 5.18. The van der Waals surface area contributed by atoms with Crippen LogP contribution in [0.15, 0.2) is 18.2 Å². The van der Waals surface area contributed by atoms with Crippen LogP contribution in [0.5, 0.6) is 0 Å². The first-order chi connectivity index (χ1) is 8.50. The highest BCUT2D eigenvalue weighted by Gasteiger charge is 2.29. The van der Waals surface area contributed by atoms with Crippen molar-refractivity contribution < 1.29 is 4.92 Å². The van der Waals surface area contributed by atoms with Gasteiger partial charge in [0.1, 0.15) is 0 Å². The van der Waals surface area contributed by atoms with E-state index in [2.05, 4.69) is 12.2 Å². The van der Waals surface area contributed by atoms with Crippen LogP contribution in [0, 0.1) is 17.0 Å². The highest BCUT2D eigenvalue weighted by molar-refractivity contribution is 8.00. The molecule has 1 aromatic rings. The highest BCUT2D eigenvalue weighted by atomic mass is 32.2. The summed E-state index contributed by atoms with van der Waals surface area (Å²) in [5.74, 6) is 1.21. The van der Waals surface area contributed by atoms with E-state index in [4.69, 9.17) is 0 Å². The van der Waals surface area contributed by atoms with Gasteiger partial charge in [0.15, 0.2) is 0 Å². The Labute approximate surface area is 111 Å². The van der Waals surface area contributed by atoms with Crippen LogP contribution in [0.4, 0.5) is 11.4 Å². The van der Waals surface area contributed by atoms with Crippen LogP contribution in [-0.2, 0) is 0 Å². The first-order valence-electron chi connectivity index (χ1n) is 6.13. The Morgan fingerprint density at radius 3 is 2.94 bits per heavy atom. The standard InChI is InChI=1S/C13H18N2O2S/c1-10-4-5-11(8-12(10)15(16)17)14-9-13(2)6-3-7-18-13/h4-5,8,14H,3,6-7,9H2,1-2H3. The minimum Gasteiger partial charge on any atom is -0.383 e. The zero-order valence-electron chi connectivity index (χ0n) is 10.7. The lowest BCUT2D eigenvalue weighted by molar-refractivity contribution is -0.385. The molecule has 18 heavy (non-hydrogen) atoms. The van der Waals surface area contributed by atoms with Gasteiger partial charge in [-0.3, -0.25) is 10.1 Å². The molecule has 2 rings (SSSR count). The van der Waals surface area contributed by atoms with Crippen LogP contribution in [0.2, 0.25) is 0 Å². The monoisotopic (exact) mass is 266 g/mol. The van der Waals surface area contributed by atoms with Gasteiger partial charge < -0.3 is 5.32 Å². The first kappa shape index (κ1) is 13.2. The Balaban J connectivity index is 2.05. The quantitative estimate of drug-likeness (QED) is 0.668. The highest BCUT2D eigenvalue weighted by Crippen LogP contribution is 2.37. The maximum Gasteiger partial charge on any atom is 0.274 e. The smallest absolute Gasteiger partial charge is 0.274 e. The molecule has 1 unspecified atom stereocenters. The van der Waals surface area contributed by atoms with E-state index in [1.807, 2.05) is 17.8 Å². The topological polar surface area (TPSA) is 55.2 Å². The fraction of sp³-hybridized carbons (Fsp3) is 0.538. The third kappa shape index (κ3) is 2.96. The van der Waals surface area contributed by atoms with Crippen molar-refractivity contribution in [3.8, 4) is 0 Å². The zero-order chi connectivity index (χ0) is 13.2. The number of hydrogen-bond donors (Lipinski definition) is 1. The summed E-state index contributed by atoms with van der Waals surface area (Å²) in [4.78, 5) is 10.5. The predicted octanol–water partition coefficient (Wildman–Crippen LogP) is 3.60. The Morgan fingerprint density at radius 2 is 2.33 bits per heavy atom. The fourth-order valence-electron chi connectivity index (χ4n) is 2.18. The molecule has 1 N–H and O–H groups in total. The predicted molar refractivity (Wildman–Crippen MR) is 76.4 cm³/mol.